The lowest BCUT2D eigenvalue weighted by Gasteiger charge is -2.37. The van der Waals surface area contributed by atoms with Crippen LogP contribution in [0.5, 0.6) is 0 Å². The van der Waals surface area contributed by atoms with Crippen LogP contribution in [0.3, 0.4) is 0 Å². The Morgan fingerprint density at radius 1 is 0.925 bits per heavy atom. The number of halogens is 1. The second-order valence-corrected chi connectivity index (χ2v) is 20.4. The van der Waals surface area contributed by atoms with E-state index in [0.29, 0.717) is 19.4 Å². The Kier molecular flexibility index (Phi) is 9.22. The van der Waals surface area contributed by atoms with Crippen molar-refractivity contribution >= 4 is 59.0 Å². The molecule has 1 spiro atoms. The molecule has 0 aliphatic carbocycles. The van der Waals surface area contributed by atoms with E-state index < -0.39 is 31.5 Å². The maximum absolute atomic E-state index is 15.0. The van der Waals surface area contributed by atoms with Crippen molar-refractivity contribution in [2.45, 2.75) is 82.1 Å². The van der Waals surface area contributed by atoms with E-state index in [0.717, 1.165) is 55.8 Å². The largest absolute Gasteiger partial charge is 0.432 e. The number of nitrogens with zero attached hydrogens (tertiary/aromatic N) is 3. The number of carbonyl (C=O) groups excluding carboxylic acids is 3. The van der Waals surface area contributed by atoms with Crippen LogP contribution in [-0.4, -0.2) is 59.6 Å². The molecule has 1 saturated heterocycles. The van der Waals surface area contributed by atoms with Crippen LogP contribution in [0, 0.1) is 5.92 Å². The highest BCUT2D eigenvalue weighted by Gasteiger charge is 2.66. The lowest BCUT2D eigenvalue weighted by atomic mass is 9.82. The fraction of sp³-hybridized carbons (Fsp3) is 0.357. The van der Waals surface area contributed by atoms with E-state index in [-0.39, 0.29) is 43.3 Å². The van der Waals surface area contributed by atoms with Crippen molar-refractivity contribution < 1.29 is 29.0 Å². The van der Waals surface area contributed by atoms with Gasteiger partial charge in [-0.1, -0.05) is 77.5 Å². The highest BCUT2D eigenvalue weighted by molar-refractivity contribution is 9.10. The smallest absolute Gasteiger partial charge is 0.264 e. The molecule has 4 heterocycles. The predicted octanol–water partition coefficient (Wildman–Crippen LogP) is 6.74. The number of benzene rings is 4. The van der Waals surface area contributed by atoms with Crippen LogP contribution >= 0.6 is 15.9 Å². The van der Waals surface area contributed by atoms with Crippen molar-refractivity contribution in [2.75, 3.05) is 16.4 Å². The number of ether oxygens (including phenoxy) is 1. The number of amides is 3. The number of carbonyl (C=O) groups is 3. The number of hydrogen-bond donors (Lipinski definition) is 2. The molecular formula is C42H44BrN3O6Si. The number of hydrogen-bond acceptors (Lipinski definition) is 6. The number of anilines is 3. The molecule has 0 bridgehead atoms. The first-order chi connectivity index (χ1) is 25.4. The highest BCUT2D eigenvalue weighted by Crippen LogP contribution is 2.60. The summed E-state index contributed by atoms with van der Waals surface area (Å²) in [6.45, 7) is 6.18. The zero-order valence-corrected chi connectivity index (χ0v) is 32.8. The van der Waals surface area contributed by atoms with Crippen molar-refractivity contribution in [3.8, 4) is 0 Å². The molecule has 1 fully saturated rings. The van der Waals surface area contributed by atoms with Gasteiger partial charge in [-0.3, -0.25) is 19.3 Å². The maximum atomic E-state index is 15.0. The maximum Gasteiger partial charge on any atom is 0.264 e. The predicted molar refractivity (Wildman–Crippen MR) is 209 cm³/mol. The van der Waals surface area contributed by atoms with E-state index in [9.17, 15) is 24.3 Å². The number of para-hydroxylation sites is 1. The molecule has 274 valence electrons. The van der Waals surface area contributed by atoms with Gasteiger partial charge in [0.1, 0.15) is 0 Å². The van der Waals surface area contributed by atoms with Crippen LogP contribution in [0.25, 0.3) is 0 Å². The molecule has 9 nitrogen and oxygen atoms in total. The summed E-state index contributed by atoms with van der Waals surface area (Å²) in [5.74, 6) is -0.765. The number of aryl methyl sites for hydroxylation is 1. The monoisotopic (exact) mass is 793 g/mol. The molecule has 53 heavy (non-hydrogen) atoms. The van der Waals surface area contributed by atoms with Gasteiger partial charge >= 0.3 is 0 Å². The summed E-state index contributed by atoms with van der Waals surface area (Å²) in [6, 6.07) is 29.1. The molecule has 4 aliphatic rings. The van der Waals surface area contributed by atoms with E-state index in [4.69, 9.17) is 4.74 Å². The minimum absolute atomic E-state index is 0.0111. The fourth-order valence-electron chi connectivity index (χ4n) is 9.38. The van der Waals surface area contributed by atoms with Gasteiger partial charge in [0, 0.05) is 40.1 Å². The van der Waals surface area contributed by atoms with Gasteiger partial charge in [0.2, 0.25) is 11.8 Å². The molecule has 0 radical (unpaired) electrons. The first kappa shape index (κ1) is 35.9. The number of aliphatic hydroxyl groups is 1. The Bertz CT molecular complexity index is 2100. The first-order valence-electron chi connectivity index (χ1n) is 18.4. The molecule has 2 N–H and O–H groups in total. The summed E-state index contributed by atoms with van der Waals surface area (Å²) in [6.07, 6.45) is 1.01. The molecule has 0 saturated carbocycles. The van der Waals surface area contributed by atoms with Crippen molar-refractivity contribution in [2.24, 2.45) is 5.92 Å². The van der Waals surface area contributed by atoms with Crippen LogP contribution in [0.1, 0.15) is 47.6 Å². The van der Waals surface area contributed by atoms with Crippen molar-refractivity contribution in [1.82, 2.24) is 4.90 Å². The Morgan fingerprint density at radius 3 is 2.34 bits per heavy atom. The third-order valence-electron chi connectivity index (χ3n) is 11.8. The summed E-state index contributed by atoms with van der Waals surface area (Å²) in [7, 11) is -3.02. The standard InChI is InChI=1S/C42H44BrN3O6Si/c1-26-40(53(2,3)51)37(22-39(49)44-24-30-10-5-4-9-29(30)20-33(44)25-47)52-42(26)34-21-31(43)15-18-36(34)45(41(42)50)23-27-12-16-32(17-13-27)46-35-11-7-6-8-28(35)14-19-38(46)48/h4-13,15-18,21,26,33,37,40,47,51H,14,19-20,22-25H2,1-3H3/t26-,33+,37+,40-,42+/m1/s1. The third-order valence-corrected chi connectivity index (χ3v) is 14.8. The molecule has 8 rings (SSSR count). The van der Waals surface area contributed by atoms with Crippen LogP contribution in [0.15, 0.2) is 95.5 Å². The second kappa shape index (κ2) is 13.6. The molecule has 11 heteroatoms. The molecule has 4 aromatic carbocycles. The molecule has 4 aliphatic heterocycles. The zero-order chi connectivity index (χ0) is 37.2. The van der Waals surface area contributed by atoms with Crippen molar-refractivity contribution in [3.05, 3.63) is 123 Å². The number of aliphatic hydroxyl groups excluding tert-OH is 1. The molecule has 0 aromatic heterocycles. The second-order valence-electron chi connectivity index (χ2n) is 15.5. The van der Waals surface area contributed by atoms with Crippen molar-refractivity contribution in [1.29, 1.82) is 0 Å². The minimum Gasteiger partial charge on any atom is -0.432 e. The van der Waals surface area contributed by atoms with E-state index in [1.54, 1.807) is 14.7 Å². The van der Waals surface area contributed by atoms with E-state index >= 15 is 0 Å². The third kappa shape index (κ3) is 6.06. The topological polar surface area (TPSA) is 111 Å². The number of rotatable bonds is 7. The zero-order valence-electron chi connectivity index (χ0n) is 30.2. The van der Waals surface area contributed by atoms with Gasteiger partial charge in [-0.2, -0.15) is 0 Å². The summed E-state index contributed by atoms with van der Waals surface area (Å²) < 4.78 is 7.77. The Morgan fingerprint density at radius 2 is 1.62 bits per heavy atom. The molecule has 5 atom stereocenters. The summed E-state index contributed by atoms with van der Waals surface area (Å²) >= 11 is 3.63. The van der Waals surface area contributed by atoms with Gasteiger partial charge in [0.05, 0.1) is 43.1 Å². The van der Waals surface area contributed by atoms with E-state index in [1.807, 2.05) is 105 Å². The molecule has 0 unspecified atom stereocenters. The van der Waals surface area contributed by atoms with Crippen molar-refractivity contribution in [3.63, 3.8) is 0 Å². The lowest BCUT2D eigenvalue weighted by molar-refractivity contribution is -0.151. The highest BCUT2D eigenvalue weighted by atomic mass is 79.9. The van der Waals surface area contributed by atoms with Gasteiger partial charge in [-0.05, 0) is 84.6 Å². The van der Waals surface area contributed by atoms with Crippen LogP contribution < -0.4 is 9.80 Å². The Balaban J connectivity index is 1.09. The molecule has 3 amide bonds. The minimum atomic E-state index is -3.02. The van der Waals surface area contributed by atoms with Gasteiger partial charge in [-0.15, -0.1) is 0 Å². The number of fused-ring (bicyclic) bond motifs is 4. The van der Waals surface area contributed by atoms with Gasteiger partial charge in [0.25, 0.3) is 5.91 Å². The van der Waals surface area contributed by atoms with E-state index in [2.05, 4.69) is 22.0 Å². The average Bonchev–Trinajstić information content (AvgIpc) is 3.56. The summed E-state index contributed by atoms with van der Waals surface area (Å²) in [4.78, 5) is 59.3. The van der Waals surface area contributed by atoms with Crippen LogP contribution in [0.4, 0.5) is 17.1 Å². The van der Waals surface area contributed by atoms with Gasteiger partial charge < -0.3 is 24.4 Å². The van der Waals surface area contributed by atoms with Gasteiger partial charge in [0.15, 0.2) is 13.9 Å². The quantitative estimate of drug-likeness (QED) is 0.201. The molecular weight excluding hydrogens is 750 g/mol. The van der Waals surface area contributed by atoms with Crippen LogP contribution in [0.2, 0.25) is 18.6 Å². The lowest BCUT2D eigenvalue weighted by Crippen LogP contribution is -2.48. The average molecular weight is 795 g/mol. The SMILES string of the molecule is C[C@@H]1[C@@H]([Si](C)(C)O)[C@H](CC(=O)N2Cc3ccccc3C[C@H]2CO)O[C@@]12C(=O)N(Cc1ccc(N3C(=O)CCc4ccccc43)cc1)c1ccc(Br)cc12. The molecule has 4 aromatic rings. The normalized spacial score (nSPS) is 25.1. The Labute approximate surface area is 319 Å². The summed E-state index contributed by atoms with van der Waals surface area (Å²) in [5, 5.41) is 10.3. The Hall–Kier alpha value is -4.13. The van der Waals surface area contributed by atoms with Gasteiger partial charge in [-0.25, -0.2) is 0 Å². The summed E-state index contributed by atoms with van der Waals surface area (Å²) in [5.41, 5.74) is 5.50. The van der Waals surface area contributed by atoms with Crippen LogP contribution in [-0.2, 0) is 50.7 Å². The van der Waals surface area contributed by atoms with E-state index in [1.165, 1.54) is 0 Å². The fourth-order valence-corrected chi connectivity index (χ4v) is 12.3. The first-order valence-corrected chi connectivity index (χ1v) is 22.2.